The first-order chi connectivity index (χ1) is 7.15. The van der Waals surface area contributed by atoms with Crippen molar-refractivity contribution in [2.24, 2.45) is 0 Å². The van der Waals surface area contributed by atoms with Gasteiger partial charge in [0.05, 0.1) is 0 Å². The lowest BCUT2D eigenvalue weighted by molar-refractivity contribution is 0.430. The first kappa shape index (κ1) is 10.4. The number of anilines is 1. The maximum absolute atomic E-state index is 5.79. The molecular formula is C12H18N2S. The predicted molar refractivity (Wildman–Crippen MR) is 71.1 cm³/mol. The van der Waals surface area contributed by atoms with Gasteiger partial charge in [0.1, 0.15) is 0 Å². The highest BCUT2D eigenvalue weighted by Gasteiger charge is 2.10. The minimum Gasteiger partial charge on any atom is -0.399 e. The number of nitrogens with two attached hydrogens (primary N) is 1. The minimum atomic E-state index is 0.123. The first-order valence-corrected chi connectivity index (χ1v) is 7.52. The first-order valence-electron chi connectivity index (χ1n) is 5.10. The summed E-state index contributed by atoms with van der Waals surface area (Å²) in [5.41, 5.74) is 9.30. The number of nitrogen functional groups attached to an aromatic ring is 1. The van der Waals surface area contributed by atoms with Crippen molar-refractivity contribution in [3.63, 3.8) is 0 Å². The lowest BCUT2D eigenvalue weighted by atomic mass is 10.0. The Bertz CT molecular complexity index is 385. The van der Waals surface area contributed by atoms with Crippen LogP contribution in [0.2, 0.25) is 0 Å². The molecule has 1 aliphatic rings. The Morgan fingerprint density at radius 1 is 1.40 bits per heavy atom. The lowest BCUT2D eigenvalue weighted by Crippen LogP contribution is -2.20. The molecule has 0 bridgehead atoms. The van der Waals surface area contributed by atoms with E-state index in [0.717, 1.165) is 12.2 Å². The Morgan fingerprint density at radius 3 is 2.93 bits per heavy atom. The SMILES string of the molecule is C[SH](C)CN1C=Cc2ccc(N)cc2C1. The molecule has 82 valence electrons. The van der Waals surface area contributed by atoms with E-state index in [1.54, 1.807) is 0 Å². The van der Waals surface area contributed by atoms with Gasteiger partial charge in [0.2, 0.25) is 0 Å². The summed E-state index contributed by atoms with van der Waals surface area (Å²) >= 11 is 0. The highest BCUT2D eigenvalue weighted by atomic mass is 32.2. The molecule has 0 atom stereocenters. The zero-order valence-electron chi connectivity index (χ0n) is 9.27. The molecule has 0 radical (unpaired) electrons. The molecule has 15 heavy (non-hydrogen) atoms. The highest BCUT2D eigenvalue weighted by Crippen LogP contribution is 2.25. The second-order valence-corrected chi connectivity index (χ2v) is 6.68. The normalized spacial score (nSPS) is 15.1. The zero-order chi connectivity index (χ0) is 10.8. The molecule has 0 aromatic heterocycles. The number of hydrogen-bond donors (Lipinski definition) is 2. The average molecular weight is 222 g/mol. The smallest absolute Gasteiger partial charge is 0.0457 e. The third-order valence-corrected chi connectivity index (χ3v) is 3.40. The van der Waals surface area contributed by atoms with Crippen molar-refractivity contribution in [2.45, 2.75) is 6.54 Å². The largest absolute Gasteiger partial charge is 0.399 e. The van der Waals surface area contributed by atoms with E-state index >= 15 is 0 Å². The van der Waals surface area contributed by atoms with Crippen LogP contribution < -0.4 is 5.73 Å². The summed E-state index contributed by atoms with van der Waals surface area (Å²) in [7, 11) is 0.123. The molecule has 0 amide bonds. The minimum absolute atomic E-state index is 0.123. The molecule has 1 aromatic rings. The molecule has 1 aliphatic heterocycles. The summed E-state index contributed by atoms with van der Waals surface area (Å²) < 4.78 is 0. The standard InChI is InChI=1S/C12H18N2S/c1-15(2)9-14-6-5-10-3-4-12(13)7-11(10)8-14/h3-7,15H,8-9,13H2,1-2H3. The Kier molecular flexibility index (Phi) is 2.91. The summed E-state index contributed by atoms with van der Waals surface area (Å²) in [6.07, 6.45) is 8.98. The second-order valence-electron chi connectivity index (χ2n) is 4.24. The van der Waals surface area contributed by atoms with E-state index in [2.05, 4.69) is 41.8 Å². The van der Waals surface area contributed by atoms with Crippen molar-refractivity contribution in [1.82, 2.24) is 4.90 Å². The number of hydrogen-bond acceptors (Lipinski definition) is 2. The molecule has 3 heteroatoms. The van der Waals surface area contributed by atoms with Gasteiger partial charge < -0.3 is 10.6 Å². The highest BCUT2D eigenvalue weighted by molar-refractivity contribution is 8.15. The molecule has 0 spiro atoms. The fourth-order valence-corrected chi connectivity index (χ4v) is 2.76. The summed E-state index contributed by atoms with van der Waals surface area (Å²) in [5, 5.41) is 0. The van der Waals surface area contributed by atoms with Gasteiger partial charge in [0.25, 0.3) is 0 Å². The van der Waals surface area contributed by atoms with Crippen LogP contribution >= 0.6 is 10.9 Å². The van der Waals surface area contributed by atoms with Crippen molar-refractivity contribution in [2.75, 3.05) is 24.1 Å². The van der Waals surface area contributed by atoms with Gasteiger partial charge in [-0.1, -0.05) is 6.07 Å². The molecule has 2 rings (SSSR count). The second kappa shape index (κ2) is 4.19. The van der Waals surface area contributed by atoms with Crippen molar-refractivity contribution >= 4 is 22.7 Å². The van der Waals surface area contributed by atoms with E-state index in [9.17, 15) is 0 Å². The maximum atomic E-state index is 5.79. The number of rotatable bonds is 2. The van der Waals surface area contributed by atoms with Crippen LogP contribution in [0, 0.1) is 0 Å². The van der Waals surface area contributed by atoms with Gasteiger partial charge >= 0.3 is 0 Å². The molecule has 0 fully saturated rings. The molecule has 0 saturated heterocycles. The number of nitrogens with zero attached hydrogens (tertiary/aromatic N) is 1. The van der Waals surface area contributed by atoms with Crippen LogP contribution in [0.25, 0.3) is 6.08 Å². The summed E-state index contributed by atoms with van der Waals surface area (Å²) in [4.78, 5) is 2.37. The molecule has 1 heterocycles. The number of benzene rings is 1. The third-order valence-electron chi connectivity index (χ3n) is 2.47. The summed E-state index contributed by atoms with van der Waals surface area (Å²) in [5.74, 6) is 1.17. The van der Waals surface area contributed by atoms with Crippen LogP contribution in [0.1, 0.15) is 11.1 Å². The fraction of sp³-hybridized carbons (Fsp3) is 0.333. The predicted octanol–water partition coefficient (Wildman–Crippen LogP) is 2.27. The molecule has 0 unspecified atom stereocenters. The molecule has 2 nitrogen and oxygen atoms in total. The fourth-order valence-electron chi connectivity index (χ4n) is 1.84. The van der Waals surface area contributed by atoms with Gasteiger partial charge in [0.15, 0.2) is 0 Å². The zero-order valence-corrected chi connectivity index (χ0v) is 10.2. The molecule has 2 N–H and O–H groups in total. The number of thiol groups is 1. The topological polar surface area (TPSA) is 29.3 Å². The quantitative estimate of drug-likeness (QED) is 0.594. The van der Waals surface area contributed by atoms with Gasteiger partial charge in [-0.3, -0.25) is 0 Å². The van der Waals surface area contributed by atoms with Crippen LogP contribution in [0.15, 0.2) is 24.4 Å². The van der Waals surface area contributed by atoms with Gasteiger partial charge in [0, 0.05) is 24.3 Å². The van der Waals surface area contributed by atoms with Crippen molar-refractivity contribution in [1.29, 1.82) is 0 Å². The van der Waals surface area contributed by atoms with E-state index < -0.39 is 0 Å². The van der Waals surface area contributed by atoms with E-state index in [4.69, 9.17) is 5.73 Å². The van der Waals surface area contributed by atoms with E-state index in [-0.39, 0.29) is 10.9 Å². The molecule has 1 aromatic carbocycles. The summed E-state index contributed by atoms with van der Waals surface area (Å²) in [6, 6.07) is 6.14. The molecule has 0 saturated carbocycles. The number of fused-ring (bicyclic) bond motifs is 1. The monoisotopic (exact) mass is 222 g/mol. The maximum Gasteiger partial charge on any atom is 0.0457 e. The molecule has 0 aliphatic carbocycles. The van der Waals surface area contributed by atoms with Crippen LogP contribution in [0.5, 0.6) is 0 Å². The third kappa shape index (κ3) is 2.48. The lowest BCUT2D eigenvalue weighted by Gasteiger charge is -2.28. The van der Waals surface area contributed by atoms with Crippen LogP contribution in [0.3, 0.4) is 0 Å². The Morgan fingerprint density at radius 2 is 2.20 bits per heavy atom. The van der Waals surface area contributed by atoms with Crippen LogP contribution in [-0.4, -0.2) is 23.3 Å². The van der Waals surface area contributed by atoms with Crippen molar-refractivity contribution in [3.05, 3.63) is 35.5 Å². The van der Waals surface area contributed by atoms with Gasteiger partial charge in [-0.25, -0.2) is 10.9 Å². The molecular weight excluding hydrogens is 204 g/mol. The van der Waals surface area contributed by atoms with Gasteiger partial charge in [-0.05, 0) is 41.8 Å². The van der Waals surface area contributed by atoms with E-state index in [1.807, 2.05) is 6.07 Å². The summed E-state index contributed by atoms with van der Waals surface area (Å²) in [6.45, 7) is 0.997. The van der Waals surface area contributed by atoms with E-state index in [0.29, 0.717) is 0 Å². The van der Waals surface area contributed by atoms with Gasteiger partial charge in [-0.15, -0.1) is 0 Å². The van der Waals surface area contributed by atoms with Crippen LogP contribution in [-0.2, 0) is 6.54 Å². The Hall–Kier alpha value is -1.09. The van der Waals surface area contributed by atoms with Crippen molar-refractivity contribution in [3.8, 4) is 0 Å². The van der Waals surface area contributed by atoms with E-state index in [1.165, 1.54) is 17.0 Å². The van der Waals surface area contributed by atoms with Crippen LogP contribution in [0.4, 0.5) is 5.69 Å². The van der Waals surface area contributed by atoms with Gasteiger partial charge in [-0.2, -0.15) is 0 Å². The Labute approximate surface area is 94.1 Å². The average Bonchev–Trinajstić information content (AvgIpc) is 2.16. The Balaban J connectivity index is 2.18. The van der Waals surface area contributed by atoms with Crippen molar-refractivity contribution < 1.29 is 0 Å².